The van der Waals surface area contributed by atoms with Crippen LogP contribution in [0.5, 0.6) is 0 Å². The average molecular weight is 285 g/mol. The number of halogens is 1. The minimum atomic E-state index is -0.299. The standard InChI is InChI=1S/C15H12FN3S/c1-19-13-8-4-5-9-14(13)20-15(19)18-17-10-11-6-2-3-7-12(11)16/h2-10H,1H3/b17-10-,18-15-. The summed E-state index contributed by atoms with van der Waals surface area (Å²) in [5.74, 6) is -0.299. The van der Waals surface area contributed by atoms with Gasteiger partial charge in [-0.05, 0) is 18.2 Å². The van der Waals surface area contributed by atoms with Crippen molar-refractivity contribution in [2.45, 2.75) is 0 Å². The minimum Gasteiger partial charge on any atom is -0.318 e. The number of hydrogen-bond acceptors (Lipinski definition) is 3. The predicted octanol–water partition coefficient (Wildman–Crippen LogP) is 3.31. The van der Waals surface area contributed by atoms with Crippen molar-refractivity contribution >= 4 is 27.8 Å². The van der Waals surface area contributed by atoms with Crippen LogP contribution >= 0.6 is 11.3 Å². The quantitative estimate of drug-likeness (QED) is 0.511. The van der Waals surface area contributed by atoms with Crippen LogP contribution in [0.3, 0.4) is 0 Å². The molecule has 0 aliphatic carbocycles. The zero-order chi connectivity index (χ0) is 13.9. The molecule has 0 aliphatic heterocycles. The van der Waals surface area contributed by atoms with E-state index in [0.29, 0.717) is 5.56 Å². The summed E-state index contributed by atoms with van der Waals surface area (Å²) in [5.41, 5.74) is 1.54. The molecule has 0 amide bonds. The van der Waals surface area contributed by atoms with E-state index in [1.807, 2.05) is 35.9 Å². The molecule has 0 saturated heterocycles. The number of hydrogen-bond donors (Lipinski definition) is 0. The molecule has 3 rings (SSSR count). The molecule has 0 atom stereocenters. The van der Waals surface area contributed by atoms with Gasteiger partial charge in [-0.2, -0.15) is 5.10 Å². The highest BCUT2D eigenvalue weighted by Gasteiger charge is 2.00. The van der Waals surface area contributed by atoms with E-state index in [9.17, 15) is 4.39 Å². The van der Waals surface area contributed by atoms with Crippen molar-refractivity contribution in [3.8, 4) is 0 Å². The second-order valence-corrected chi connectivity index (χ2v) is 5.29. The van der Waals surface area contributed by atoms with E-state index < -0.39 is 0 Å². The van der Waals surface area contributed by atoms with Crippen LogP contribution in [0, 0.1) is 5.82 Å². The summed E-state index contributed by atoms with van der Waals surface area (Å²) in [6.07, 6.45) is 1.43. The molecule has 0 unspecified atom stereocenters. The molecule has 0 N–H and O–H groups in total. The van der Waals surface area contributed by atoms with Gasteiger partial charge in [0.15, 0.2) is 0 Å². The summed E-state index contributed by atoms with van der Waals surface area (Å²) in [6, 6.07) is 14.5. The van der Waals surface area contributed by atoms with E-state index in [2.05, 4.69) is 10.2 Å². The molecule has 3 aromatic rings. The van der Waals surface area contributed by atoms with Gasteiger partial charge in [0.2, 0.25) is 4.80 Å². The maximum atomic E-state index is 13.4. The molecular weight excluding hydrogens is 273 g/mol. The molecule has 100 valence electrons. The first-order chi connectivity index (χ1) is 9.75. The van der Waals surface area contributed by atoms with E-state index >= 15 is 0 Å². The number of aryl methyl sites for hydroxylation is 1. The number of thiazole rings is 1. The predicted molar refractivity (Wildman–Crippen MR) is 80.4 cm³/mol. The van der Waals surface area contributed by atoms with E-state index in [0.717, 1.165) is 15.0 Å². The molecule has 0 bridgehead atoms. The van der Waals surface area contributed by atoms with Crippen molar-refractivity contribution < 1.29 is 4.39 Å². The number of fused-ring (bicyclic) bond motifs is 1. The summed E-state index contributed by atoms with van der Waals surface area (Å²) in [7, 11) is 1.94. The van der Waals surface area contributed by atoms with Gasteiger partial charge in [-0.3, -0.25) is 0 Å². The Morgan fingerprint density at radius 1 is 1.10 bits per heavy atom. The fourth-order valence-electron chi connectivity index (χ4n) is 1.90. The Bertz CT molecular complexity index is 845. The van der Waals surface area contributed by atoms with Gasteiger partial charge in [-0.1, -0.05) is 41.7 Å². The lowest BCUT2D eigenvalue weighted by Crippen LogP contribution is -2.08. The number of para-hydroxylation sites is 1. The molecule has 2 aromatic carbocycles. The lowest BCUT2D eigenvalue weighted by molar-refractivity contribution is 0.626. The van der Waals surface area contributed by atoms with Crippen LogP contribution in [0.1, 0.15) is 5.56 Å². The summed E-state index contributed by atoms with van der Waals surface area (Å²) in [5, 5.41) is 8.14. The van der Waals surface area contributed by atoms with E-state index in [-0.39, 0.29) is 5.82 Å². The Balaban J connectivity index is 1.99. The molecule has 0 aliphatic rings. The molecule has 1 heterocycles. The molecule has 20 heavy (non-hydrogen) atoms. The first kappa shape index (κ1) is 12.7. The second kappa shape index (κ2) is 5.38. The highest BCUT2D eigenvalue weighted by atomic mass is 32.1. The van der Waals surface area contributed by atoms with Crippen molar-refractivity contribution in [1.82, 2.24) is 4.57 Å². The van der Waals surface area contributed by atoms with Crippen LogP contribution in [0.25, 0.3) is 10.2 Å². The first-order valence-corrected chi connectivity index (χ1v) is 6.93. The molecular formula is C15H12FN3S. The van der Waals surface area contributed by atoms with Gasteiger partial charge in [0.1, 0.15) is 5.82 Å². The second-order valence-electron chi connectivity index (χ2n) is 4.28. The number of nitrogens with zero attached hydrogens (tertiary/aromatic N) is 3. The van der Waals surface area contributed by atoms with Crippen molar-refractivity contribution in [2.75, 3.05) is 0 Å². The van der Waals surface area contributed by atoms with E-state index in [4.69, 9.17) is 0 Å². The normalized spacial score (nSPS) is 12.6. The highest BCUT2D eigenvalue weighted by Crippen LogP contribution is 2.15. The van der Waals surface area contributed by atoms with Crippen molar-refractivity contribution in [3.63, 3.8) is 0 Å². The van der Waals surface area contributed by atoms with Crippen LogP contribution in [-0.2, 0) is 7.05 Å². The molecule has 0 spiro atoms. The van der Waals surface area contributed by atoms with E-state index in [1.54, 1.807) is 29.5 Å². The Labute approximate surface area is 119 Å². The molecule has 0 radical (unpaired) electrons. The number of aromatic nitrogens is 1. The van der Waals surface area contributed by atoms with Gasteiger partial charge in [-0.15, -0.1) is 5.10 Å². The third-order valence-electron chi connectivity index (χ3n) is 2.96. The summed E-state index contributed by atoms with van der Waals surface area (Å²) >= 11 is 1.55. The highest BCUT2D eigenvalue weighted by molar-refractivity contribution is 7.16. The van der Waals surface area contributed by atoms with Gasteiger partial charge in [0.25, 0.3) is 0 Å². The third kappa shape index (κ3) is 2.40. The summed E-state index contributed by atoms with van der Waals surface area (Å²) in [4.78, 5) is 0.777. The zero-order valence-electron chi connectivity index (χ0n) is 10.8. The molecule has 1 aromatic heterocycles. The number of rotatable bonds is 2. The Morgan fingerprint density at radius 2 is 1.85 bits per heavy atom. The smallest absolute Gasteiger partial charge is 0.211 e. The Hall–Kier alpha value is -2.27. The monoisotopic (exact) mass is 285 g/mol. The largest absolute Gasteiger partial charge is 0.318 e. The SMILES string of the molecule is Cn1/c(=N/N=C\c2ccccc2F)sc2ccccc21. The average Bonchev–Trinajstić information content (AvgIpc) is 2.78. The minimum absolute atomic E-state index is 0.299. The fraction of sp³-hybridized carbons (Fsp3) is 0.0667. The maximum Gasteiger partial charge on any atom is 0.211 e. The summed E-state index contributed by atoms with van der Waals surface area (Å²) in [6.45, 7) is 0. The zero-order valence-corrected chi connectivity index (χ0v) is 11.6. The van der Waals surface area contributed by atoms with Crippen LogP contribution in [0.2, 0.25) is 0 Å². The van der Waals surface area contributed by atoms with E-state index in [1.165, 1.54) is 12.3 Å². The Kier molecular flexibility index (Phi) is 3.43. The van der Waals surface area contributed by atoms with Crippen molar-refractivity contribution in [1.29, 1.82) is 0 Å². The van der Waals surface area contributed by atoms with Crippen LogP contribution in [0.4, 0.5) is 4.39 Å². The topological polar surface area (TPSA) is 29.6 Å². The van der Waals surface area contributed by atoms with Crippen LogP contribution < -0.4 is 4.80 Å². The van der Waals surface area contributed by atoms with Gasteiger partial charge >= 0.3 is 0 Å². The number of benzene rings is 2. The van der Waals surface area contributed by atoms with Gasteiger partial charge in [0, 0.05) is 12.6 Å². The lowest BCUT2D eigenvalue weighted by Gasteiger charge is -1.93. The fourth-order valence-corrected chi connectivity index (χ4v) is 2.87. The van der Waals surface area contributed by atoms with Crippen molar-refractivity contribution in [3.05, 3.63) is 64.7 Å². The Morgan fingerprint density at radius 3 is 2.65 bits per heavy atom. The summed E-state index contributed by atoms with van der Waals surface area (Å²) < 4.78 is 16.5. The molecule has 5 heteroatoms. The van der Waals surface area contributed by atoms with Gasteiger partial charge in [0.05, 0.1) is 16.4 Å². The van der Waals surface area contributed by atoms with Crippen LogP contribution in [0.15, 0.2) is 58.7 Å². The lowest BCUT2D eigenvalue weighted by atomic mass is 10.2. The van der Waals surface area contributed by atoms with Gasteiger partial charge in [-0.25, -0.2) is 4.39 Å². The molecule has 0 saturated carbocycles. The van der Waals surface area contributed by atoms with Crippen molar-refractivity contribution in [2.24, 2.45) is 17.3 Å². The van der Waals surface area contributed by atoms with Gasteiger partial charge < -0.3 is 4.57 Å². The first-order valence-electron chi connectivity index (χ1n) is 6.12. The molecule has 0 fully saturated rings. The third-order valence-corrected chi connectivity index (χ3v) is 4.06. The maximum absolute atomic E-state index is 13.4. The molecule has 3 nitrogen and oxygen atoms in total. The van der Waals surface area contributed by atoms with Crippen LogP contribution in [-0.4, -0.2) is 10.8 Å².